The summed E-state index contributed by atoms with van der Waals surface area (Å²) in [4.78, 5) is 50.0. The van der Waals surface area contributed by atoms with Crippen molar-refractivity contribution in [3.8, 4) is 5.75 Å². The van der Waals surface area contributed by atoms with Crippen molar-refractivity contribution >= 4 is 29.8 Å². The molecule has 1 aromatic carbocycles. The van der Waals surface area contributed by atoms with E-state index in [1.807, 2.05) is 0 Å². The Morgan fingerprint density at radius 2 is 2.12 bits per heavy atom. The molecule has 0 radical (unpaired) electrons. The number of urea groups is 1. The minimum Gasteiger partial charge on any atom is -0.495 e. The van der Waals surface area contributed by atoms with Crippen LogP contribution < -0.4 is 15.0 Å². The molecule has 8 heteroatoms. The molecule has 1 atom stereocenters. The highest BCUT2D eigenvalue weighted by molar-refractivity contribution is 6.07. The van der Waals surface area contributed by atoms with Gasteiger partial charge in [0.1, 0.15) is 12.0 Å². The van der Waals surface area contributed by atoms with Gasteiger partial charge in [0.05, 0.1) is 12.8 Å². The second-order valence-electron chi connectivity index (χ2n) is 6.08. The average Bonchev–Trinajstić information content (AvgIpc) is 3.10. The number of rotatable bonds is 4. The van der Waals surface area contributed by atoms with E-state index in [-0.39, 0.29) is 30.7 Å². The van der Waals surface area contributed by atoms with Gasteiger partial charge in [-0.25, -0.2) is 4.79 Å². The highest BCUT2D eigenvalue weighted by atomic mass is 16.5. The SMILES string of the molecule is COc1ccc(C(=O)N2CCC(C=O)C2)cc1N1CCC(=O)NC1=O. The number of imide groups is 1. The van der Waals surface area contributed by atoms with E-state index in [1.165, 1.54) is 12.0 Å². The first kappa shape index (κ1) is 16.9. The zero-order valence-corrected chi connectivity index (χ0v) is 13.9. The molecule has 2 aliphatic heterocycles. The molecule has 2 fully saturated rings. The highest BCUT2D eigenvalue weighted by Crippen LogP contribution is 2.31. The summed E-state index contributed by atoms with van der Waals surface area (Å²) in [7, 11) is 1.47. The third-order valence-electron chi connectivity index (χ3n) is 4.47. The fourth-order valence-electron chi connectivity index (χ4n) is 3.09. The Labute approximate surface area is 144 Å². The number of hydrogen-bond donors (Lipinski definition) is 1. The van der Waals surface area contributed by atoms with Gasteiger partial charge in [-0.2, -0.15) is 0 Å². The molecule has 2 aliphatic rings. The molecule has 3 rings (SSSR count). The topological polar surface area (TPSA) is 96.0 Å². The minimum atomic E-state index is -0.540. The molecule has 4 amide bonds. The van der Waals surface area contributed by atoms with E-state index in [2.05, 4.69) is 5.32 Å². The lowest BCUT2D eigenvalue weighted by atomic mass is 10.1. The maximum absolute atomic E-state index is 12.7. The molecule has 0 saturated carbocycles. The van der Waals surface area contributed by atoms with E-state index in [9.17, 15) is 19.2 Å². The van der Waals surface area contributed by atoms with Crippen molar-refractivity contribution in [3.05, 3.63) is 23.8 Å². The van der Waals surface area contributed by atoms with Crippen LogP contribution in [0.2, 0.25) is 0 Å². The molecular formula is C17H19N3O5. The van der Waals surface area contributed by atoms with E-state index >= 15 is 0 Å². The van der Waals surface area contributed by atoms with Gasteiger partial charge in [-0.1, -0.05) is 0 Å². The number of benzene rings is 1. The first-order valence-electron chi connectivity index (χ1n) is 8.07. The maximum Gasteiger partial charge on any atom is 0.328 e. The predicted molar refractivity (Wildman–Crippen MR) is 88.6 cm³/mol. The largest absolute Gasteiger partial charge is 0.495 e. The number of hydrogen-bond acceptors (Lipinski definition) is 5. The van der Waals surface area contributed by atoms with Gasteiger partial charge in [0.15, 0.2) is 0 Å². The van der Waals surface area contributed by atoms with Crippen LogP contribution in [0.5, 0.6) is 5.75 Å². The minimum absolute atomic E-state index is 0.124. The van der Waals surface area contributed by atoms with Crippen molar-refractivity contribution in [1.29, 1.82) is 0 Å². The first-order chi connectivity index (χ1) is 12.0. The zero-order valence-electron chi connectivity index (χ0n) is 13.9. The van der Waals surface area contributed by atoms with Crippen LogP contribution >= 0.6 is 0 Å². The molecule has 2 heterocycles. The summed E-state index contributed by atoms with van der Waals surface area (Å²) < 4.78 is 5.29. The maximum atomic E-state index is 12.7. The molecule has 0 spiro atoms. The van der Waals surface area contributed by atoms with Gasteiger partial charge in [0, 0.05) is 37.5 Å². The Kier molecular flexibility index (Phi) is 4.69. The number of nitrogens with zero attached hydrogens (tertiary/aromatic N) is 2. The normalized spacial score (nSPS) is 20.4. The summed E-state index contributed by atoms with van der Waals surface area (Å²) in [5.41, 5.74) is 0.844. The highest BCUT2D eigenvalue weighted by Gasteiger charge is 2.30. The Hall–Kier alpha value is -2.90. The number of methoxy groups -OCH3 is 1. The number of likely N-dealkylation sites (tertiary alicyclic amines) is 1. The van der Waals surface area contributed by atoms with E-state index in [0.717, 1.165) is 6.29 Å². The lowest BCUT2D eigenvalue weighted by Crippen LogP contribution is -2.49. The number of ether oxygens (including phenoxy) is 1. The van der Waals surface area contributed by atoms with Crippen molar-refractivity contribution in [2.24, 2.45) is 5.92 Å². The molecule has 1 aromatic rings. The molecule has 132 valence electrons. The summed E-state index contributed by atoms with van der Waals surface area (Å²) in [6, 6.07) is 4.30. The van der Waals surface area contributed by atoms with E-state index < -0.39 is 6.03 Å². The Morgan fingerprint density at radius 1 is 1.32 bits per heavy atom. The van der Waals surface area contributed by atoms with E-state index in [4.69, 9.17) is 4.74 Å². The summed E-state index contributed by atoms with van der Waals surface area (Å²) in [6.45, 7) is 1.15. The second kappa shape index (κ2) is 6.92. The fourth-order valence-corrected chi connectivity index (χ4v) is 3.09. The van der Waals surface area contributed by atoms with E-state index in [0.29, 0.717) is 36.5 Å². The van der Waals surface area contributed by atoms with Crippen LogP contribution in [0.4, 0.5) is 10.5 Å². The fraction of sp³-hybridized carbons (Fsp3) is 0.412. The molecule has 25 heavy (non-hydrogen) atoms. The van der Waals surface area contributed by atoms with Crippen molar-refractivity contribution < 1.29 is 23.9 Å². The predicted octanol–water partition coefficient (Wildman–Crippen LogP) is 0.802. The Morgan fingerprint density at radius 3 is 2.76 bits per heavy atom. The molecule has 2 saturated heterocycles. The summed E-state index contributed by atoms with van der Waals surface area (Å²) >= 11 is 0. The molecule has 1 unspecified atom stereocenters. The van der Waals surface area contributed by atoms with Crippen LogP contribution in [0, 0.1) is 5.92 Å². The van der Waals surface area contributed by atoms with Crippen LogP contribution in [-0.2, 0) is 9.59 Å². The second-order valence-corrected chi connectivity index (χ2v) is 6.08. The molecule has 0 bridgehead atoms. The van der Waals surface area contributed by atoms with Gasteiger partial charge < -0.3 is 14.4 Å². The molecule has 8 nitrogen and oxygen atoms in total. The number of anilines is 1. The van der Waals surface area contributed by atoms with Crippen LogP contribution in [0.1, 0.15) is 23.2 Å². The van der Waals surface area contributed by atoms with Gasteiger partial charge in [-0.3, -0.25) is 19.8 Å². The Bertz CT molecular complexity index is 733. The number of nitrogens with one attached hydrogen (secondary N) is 1. The monoisotopic (exact) mass is 345 g/mol. The molecule has 0 aliphatic carbocycles. The lowest BCUT2D eigenvalue weighted by molar-refractivity contribution is -0.120. The van der Waals surface area contributed by atoms with Gasteiger partial charge in [-0.15, -0.1) is 0 Å². The quantitative estimate of drug-likeness (QED) is 0.815. The number of aldehydes is 1. The van der Waals surface area contributed by atoms with Crippen LogP contribution in [0.3, 0.4) is 0 Å². The standard InChI is InChI=1S/C17H19N3O5/c1-25-14-3-2-12(16(23)19-6-4-11(9-19)10-21)8-13(14)20-7-5-15(22)18-17(20)24/h2-3,8,10-11H,4-7,9H2,1H3,(H,18,22,24). The van der Waals surface area contributed by atoms with Crippen molar-refractivity contribution in [2.75, 3.05) is 31.6 Å². The third kappa shape index (κ3) is 3.33. The average molecular weight is 345 g/mol. The molecule has 1 N–H and O–H groups in total. The summed E-state index contributed by atoms with van der Waals surface area (Å²) in [6.07, 6.45) is 1.72. The van der Waals surface area contributed by atoms with Crippen LogP contribution in [0.25, 0.3) is 0 Å². The summed E-state index contributed by atoms with van der Waals surface area (Å²) in [5.74, 6) is -0.208. The smallest absolute Gasteiger partial charge is 0.328 e. The van der Waals surface area contributed by atoms with Gasteiger partial charge >= 0.3 is 6.03 Å². The first-order valence-corrected chi connectivity index (χ1v) is 8.07. The number of amides is 4. The van der Waals surface area contributed by atoms with Crippen LogP contribution in [0.15, 0.2) is 18.2 Å². The zero-order chi connectivity index (χ0) is 18.0. The number of carbonyl (C=O) groups is 4. The van der Waals surface area contributed by atoms with Crippen molar-refractivity contribution in [3.63, 3.8) is 0 Å². The molecule has 0 aromatic heterocycles. The Balaban J connectivity index is 1.87. The van der Waals surface area contributed by atoms with Gasteiger partial charge in [-0.05, 0) is 24.6 Å². The lowest BCUT2D eigenvalue weighted by Gasteiger charge is -2.28. The number of carbonyl (C=O) groups excluding carboxylic acids is 4. The van der Waals surface area contributed by atoms with Crippen LogP contribution in [-0.4, -0.2) is 55.8 Å². The van der Waals surface area contributed by atoms with Gasteiger partial charge in [0.25, 0.3) is 5.91 Å². The molecular weight excluding hydrogens is 326 g/mol. The summed E-state index contributed by atoms with van der Waals surface area (Å²) in [5, 5.41) is 2.25. The third-order valence-corrected chi connectivity index (χ3v) is 4.47. The van der Waals surface area contributed by atoms with Crippen molar-refractivity contribution in [2.45, 2.75) is 12.8 Å². The van der Waals surface area contributed by atoms with E-state index in [1.54, 1.807) is 23.1 Å². The van der Waals surface area contributed by atoms with Crippen molar-refractivity contribution in [1.82, 2.24) is 10.2 Å². The van der Waals surface area contributed by atoms with Gasteiger partial charge in [0.2, 0.25) is 5.91 Å².